The first-order valence-corrected chi connectivity index (χ1v) is 6.39. The molecule has 0 bridgehead atoms. The molecular weight excluding hydrogens is 325 g/mol. The van der Waals surface area contributed by atoms with Crippen LogP contribution in [-0.4, -0.2) is 18.5 Å². The lowest BCUT2D eigenvalue weighted by molar-refractivity contribution is -0.137. The van der Waals surface area contributed by atoms with Gasteiger partial charge in [0, 0.05) is 16.2 Å². The zero-order valence-corrected chi connectivity index (χ0v) is 12.0. The van der Waals surface area contributed by atoms with Crippen LogP contribution < -0.4 is 10.6 Å². The Bertz CT molecular complexity index is 461. The first-order chi connectivity index (χ1) is 8.70. The molecule has 0 aliphatic heterocycles. The van der Waals surface area contributed by atoms with Gasteiger partial charge < -0.3 is 10.6 Å². The molecule has 0 fully saturated rings. The average Bonchev–Trinajstić information content (AvgIpc) is 2.23. The quantitative estimate of drug-likeness (QED) is 0.883. The van der Waals surface area contributed by atoms with Crippen molar-refractivity contribution in [3.05, 3.63) is 28.2 Å². The number of amides is 1. The van der Waals surface area contributed by atoms with Crippen LogP contribution in [0.4, 0.5) is 18.9 Å². The molecule has 0 unspecified atom stereocenters. The van der Waals surface area contributed by atoms with Gasteiger partial charge in [-0.3, -0.25) is 4.79 Å². The summed E-state index contributed by atoms with van der Waals surface area (Å²) in [4.78, 5) is 11.4. The molecule has 1 amide bonds. The molecule has 0 saturated heterocycles. The monoisotopic (exact) mass is 338 g/mol. The van der Waals surface area contributed by atoms with Gasteiger partial charge in [-0.1, -0.05) is 15.9 Å². The first-order valence-electron chi connectivity index (χ1n) is 5.60. The third-order valence-electron chi connectivity index (χ3n) is 2.18. The smallest absolute Gasteiger partial charge is 0.376 e. The van der Waals surface area contributed by atoms with Crippen LogP contribution in [-0.2, 0) is 11.0 Å². The number of hydrogen-bond acceptors (Lipinski definition) is 2. The second-order valence-corrected chi connectivity index (χ2v) is 5.18. The molecule has 1 aromatic carbocycles. The minimum atomic E-state index is -4.46. The van der Waals surface area contributed by atoms with Crippen LogP contribution in [0.3, 0.4) is 0 Å². The number of carbonyl (C=O) groups is 1. The molecule has 0 atom stereocenters. The number of anilines is 1. The fraction of sp³-hybridized carbons (Fsp3) is 0.417. The van der Waals surface area contributed by atoms with Gasteiger partial charge in [0.05, 0.1) is 12.1 Å². The van der Waals surface area contributed by atoms with Crippen molar-refractivity contribution in [1.29, 1.82) is 0 Å². The number of halogens is 4. The molecule has 0 radical (unpaired) electrons. The van der Waals surface area contributed by atoms with Gasteiger partial charge in [0.2, 0.25) is 5.91 Å². The summed E-state index contributed by atoms with van der Waals surface area (Å²) in [6.07, 6.45) is -4.46. The normalized spacial score (nSPS) is 11.5. The number of alkyl halides is 3. The van der Waals surface area contributed by atoms with Crippen LogP contribution in [0.25, 0.3) is 0 Å². The van der Waals surface area contributed by atoms with Crippen molar-refractivity contribution in [2.45, 2.75) is 26.1 Å². The fourth-order valence-corrected chi connectivity index (χ4v) is 1.82. The molecule has 3 nitrogen and oxygen atoms in total. The third-order valence-corrected chi connectivity index (χ3v) is 2.67. The zero-order valence-electron chi connectivity index (χ0n) is 10.4. The molecule has 2 N–H and O–H groups in total. The summed E-state index contributed by atoms with van der Waals surface area (Å²) in [7, 11) is 0. The Hall–Kier alpha value is -1.24. The van der Waals surface area contributed by atoms with Crippen LogP contribution in [0.15, 0.2) is 22.7 Å². The first kappa shape index (κ1) is 15.8. The predicted molar refractivity (Wildman–Crippen MR) is 70.9 cm³/mol. The topological polar surface area (TPSA) is 41.1 Å². The van der Waals surface area contributed by atoms with Crippen molar-refractivity contribution in [3.8, 4) is 0 Å². The lowest BCUT2D eigenvalue weighted by Gasteiger charge is -2.15. The molecule has 0 aromatic heterocycles. The van der Waals surface area contributed by atoms with Crippen LogP contribution in [0.1, 0.15) is 19.4 Å². The molecule has 0 saturated carbocycles. The van der Waals surface area contributed by atoms with Gasteiger partial charge in [-0.2, -0.15) is 13.2 Å². The van der Waals surface area contributed by atoms with Crippen LogP contribution in [0.5, 0.6) is 0 Å². The summed E-state index contributed by atoms with van der Waals surface area (Å²) in [5, 5.41) is 5.10. The maximum atomic E-state index is 12.8. The summed E-state index contributed by atoms with van der Waals surface area (Å²) >= 11 is 3.10. The highest BCUT2D eigenvalue weighted by Gasteiger charge is 2.33. The minimum Gasteiger partial charge on any atom is -0.376 e. The molecule has 7 heteroatoms. The van der Waals surface area contributed by atoms with Crippen molar-refractivity contribution in [2.24, 2.45) is 0 Å². The van der Waals surface area contributed by atoms with Gasteiger partial charge in [0.1, 0.15) is 0 Å². The average molecular weight is 339 g/mol. The summed E-state index contributed by atoms with van der Waals surface area (Å²) in [6.45, 7) is 3.34. The molecule has 0 spiro atoms. The van der Waals surface area contributed by atoms with Gasteiger partial charge >= 0.3 is 6.18 Å². The number of hydrogen-bond donors (Lipinski definition) is 2. The van der Waals surface area contributed by atoms with E-state index in [-0.39, 0.29) is 24.2 Å². The second-order valence-electron chi connectivity index (χ2n) is 4.26. The van der Waals surface area contributed by atoms with E-state index in [1.165, 1.54) is 12.1 Å². The van der Waals surface area contributed by atoms with E-state index in [9.17, 15) is 18.0 Å². The van der Waals surface area contributed by atoms with E-state index in [4.69, 9.17) is 0 Å². The third kappa shape index (κ3) is 5.10. The summed E-state index contributed by atoms with van der Waals surface area (Å²) < 4.78 is 38.8. The molecule has 19 heavy (non-hydrogen) atoms. The van der Waals surface area contributed by atoms with E-state index in [0.717, 1.165) is 6.07 Å². The Morgan fingerprint density at radius 3 is 2.53 bits per heavy atom. The van der Waals surface area contributed by atoms with Crippen molar-refractivity contribution < 1.29 is 18.0 Å². The Morgan fingerprint density at radius 2 is 2.00 bits per heavy atom. The van der Waals surface area contributed by atoms with Crippen LogP contribution in [0, 0.1) is 0 Å². The van der Waals surface area contributed by atoms with E-state index in [0.29, 0.717) is 4.47 Å². The molecule has 0 aliphatic carbocycles. The fourth-order valence-electron chi connectivity index (χ4n) is 1.46. The SMILES string of the molecule is CC(C)NC(=O)CNc1cc(Br)ccc1C(F)(F)F. The number of benzene rings is 1. The molecule has 106 valence electrons. The minimum absolute atomic E-state index is 0.0566. The van der Waals surface area contributed by atoms with E-state index in [1.807, 2.05) is 0 Å². The largest absolute Gasteiger partial charge is 0.418 e. The zero-order chi connectivity index (χ0) is 14.6. The highest BCUT2D eigenvalue weighted by Crippen LogP contribution is 2.36. The van der Waals surface area contributed by atoms with Gasteiger partial charge in [-0.25, -0.2) is 0 Å². The van der Waals surface area contributed by atoms with Gasteiger partial charge in [0.25, 0.3) is 0 Å². The van der Waals surface area contributed by atoms with E-state index in [1.54, 1.807) is 13.8 Å². The van der Waals surface area contributed by atoms with Crippen molar-refractivity contribution >= 4 is 27.5 Å². The summed E-state index contributed by atoms with van der Waals surface area (Å²) in [5.74, 6) is -0.358. The Balaban J connectivity index is 2.82. The van der Waals surface area contributed by atoms with Crippen LogP contribution in [0.2, 0.25) is 0 Å². The van der Waals surface area contributed by atoms with Gasteiger partial charge in [-0.05, 0) is 32.0 Å². The van der Waals surface area contributed by atoms with E-state index >= 15 is 0 Å². The lowest BCUT2D eigenvalue weighted by Crippen LogP contribution is -2.35. The molecular formula is C12H14BrF3N2O. The van der Waals surface area contributed by atoms with Crippen molar-refractivity contribution in [3.63, 3.8) is 0 Å². The summed E-state index contributed by atoms with van der Waals surface area (Å²) in [6, 6.07) is 3.51. The van der Waals surface area contributed by atoms with Gasteiger partial charge in [0.15, 0.2) is 0 Å². The molecule has 0 aliphatic rings. The van der Waals surface area contributed by atoms with Crippen molar-refractivity contribution in [1.82, 2.24) is 5.32 Å². The van der Waals surface area contributed by atoms with E-state index < -0.39 is 11.7 Å². The number of nitrogens with one attached hydrogen (secondary N) is 2. The highest BCUT2D eigenvalue weighted by molar-refractivity contribution is 9.10. The number of rotatable bonds is 4. The molecule has 1 aromatic rings. The molecule has 1 rings (SSSR count). The van der Waals surface area contributed by atoms with E-state index in [2.05, 4.69) is 26.6 Å². The Labute approximate surface area is 117 Å². The van der Waals surface area contributed by atoms with Crippen molar-refractivity contribution in [2.75, 3.05) is 11.9 Å². The second kappa shape index (κ2) is 6.27. The Kier molecular flexibility index (Phi) is 5.22. The standard InChI is InChI=1S/C12H14BrF3N2O/c1-7(2)18-11(19)6-17-10-5-8(13)3-4-9(10)12(14,15)16/h3-5,7,17H,6H2,1-2H3,(H,18,19). The van der Waals surface area contributed by atoms with Crippen LogP contribution >= 0.6 is 15.9 Å². The van der Waals surface area contributed by atoms with Gasteiger partial charge in [-0.15, -0.1) is 0 Å². The predicted octanol–water partition coefficient (Wildman–Crippen LogP) is 3.40. The molecule has 0 heterocycles. The maximum absolute atomic E-state index is 12.8. The maximum Gasteiger partial charge on any atom is 0.418 e. The number of carbonyl (C=O) groups excluding carboxylic acids is 1. The summed E-state index contributed by atoms with van der Waals surface area (Å²) in [5.41, 5.74) is -0.922. The lowest BCUT2D eigenvalue weighted by atomic mass is 10.1. The Morgan fingerprint density at radius 1 is 1.37 bits per heavy atom. The highest BCUT2D eigenvalue weighted by atomic mass is 79.9.